The van der Waals surface area contributed by atoms with Crippen LogP contribution in [0.3, 0.4) is 0 Å². The molecule has 0 saturated carbocycles. The number of carbonyl (C=O) groups is 1. The van der Waals surface area contributed by atoms with Gasteiger partial charge in [0.15, 0.2) is 0 Å². The van der Waals surface area contributed by atoms with Crippen LogP contribution in [0.1, 0.15) is 23.3 Å². The molecule has 146 valence electrons. The van der Waals surface area contributed by atoms with Crippen LogP contribution in [-0.2, 0) is 17.4 Å². The monoisotopic (exact) mass is 416 g/mol. The molecule has 1 aliphatic rings. The molecule has 3 nitrogen and oxygen atoms in total. The fraction of sp³-hybridized carbons (Fsp3) is 0.421. The van der Waals surface area contributed by atoms with Crippen molar-refractivity contribution in [3.05, 3.63) is 51.2 Å². The second-order valence-electron chi connectivity index (χ2n) is 6.46. The van der Waals surface area contributed by atoms with Gasteiger partial charge < -0.3 is 9.80 Å². The third-order valence-electron chi connectivity index (χ3n) is 4.64. The molecule has 1 aromatic carbocycles. The Kier molecular flexibility index (Phi) is 6.32. The van der Waals surface area contributed by atoms with E-state index in [0.717, 1.165) is 25.0 Å². The number of rotatable bonds is 5. The highest BCUT2D eigenvalue weighted by Gasteiger charge is 2.31. The Hall–Kier alpha value is -1.73. The molecular formula is C19H20ClF3N2OS. The highest BCUT2D eigenvalue weighted by molar-refractivity contribution is 7.09. The van der Waals surface area contributed by atoms with Crippen molar-refractivity contribution in [1.29, 1.82) is 0 Å². The van der Waals surface area contributed by atoms with Gasteiger partial charge in [-0.2, -0.15) is 13.2 Å². The zero-order valence-corrected chi connectivity index (χ0v) is 16.2. The third-order valence-corrected chi connectivity index (χ3v) is 5.88. The molecule has 0 radical (unpaired) electrons. The summed E-state index contributed by atoms with van der Waals surface area (Å²) in [7, 11) is 0. The second-order valence-corrected chi connectivity index (χ2v) is 7.90. The lowest BCUT2D eigenvalue weighted by Gasteiger charge is -2.36. The van der Waals surface area contributed by atoms with Crippen LogP contribution in [0.15, 0.2) is 35.7 Å². The van der Waals surface area contributed by atoms with Gasteiger partial charge in [-0.25, -0.2) is 0 Å². The molecule has 0 atom stereocenters. The van der Waals surface area contributed by atoms with Gasteiger partial charge in [-0.3, -0.25) is 4.79 Å². The first kappa shape index (κ1) is 20.0. The number of alkyl halides is 3. The van der Waals surface area contributed by atoms with Crippen LogP contribution in [0, 0.1) is 0 Å². The maximum atomic E-state index is 12.8. The quantitative estimate of drug-likeness (QED) is 0.677. The van der Waals surface area contributed by atoms with E-state index in [1.807, 2.05) is 21.2 Å². The van der Waals surface area contributed by atoms with Crippen LogP contribution < -0.4 is 4.90 Å². The molecule has 3 rings (SSSR count). The Morgan fingerprint density at radius 1 is 1.15 bits per heavy atom. The van der Waals surface area contributed by atoms with E-state index in [0.29, 0.717) is 38.3 Å². The van der Waals surface area contributed by atoms with Crippen LogP contribution in [0.5, 0.6) is 0 Å². The van der Waals surface area contributed by atoms with Crippen LogP contribution in [0.4, 0.5) is 18.9 Å². The predicted octanol–water partition coefficient (Wildman–Crippen LogP) is 5.09. The predicted molar refractivity (Wildman–Crippen MR) is 103 cm³/mol. The molecule has 1 aliphatic heterocycles. The fourth-order valence-electron chi connectivity index (χ4n) is 3.16. The highest BCUT2D eigenvalue weighted by Crippen LogP contribution is 2.35. The minimum absolute atomic E-state index is 0.0838. The summed E-state index contributed by atoms with van der Waals surface area (Å²) in [6.45, 7) is 2.22. The van der Waals surface area contributed by atoms with Crippen LogP contribution in [0.2, 0.25) is 5.02 Å². The van der Waals surface area contributed by atoms with Gasteiger partial charge >= 0.3 is 6.18 Å². The summed E-state index contributed by atoms with van der Waals surface area (Å²) < 4.78 is 38.3. The minimum Gasteiger partial charge on any atom is -0.367 e. The topological polar surface area (TPSA) is 23.6 Å². The van der Waals surface area contributed by atoms with Crippen molar-refractivity contribution >= 4 is 34.5 Å². The Bertz CT molecular complexity index is 772. The van der Waals surface area contributed by atoms with Crippen molar-refractivity contribution in [3.63, 3.8) is 0 Å². The van der Waals surface area contributed by atoms with E-state index in [1.165, 1.54) is 10.9 Å². The molecular weight excluding hydrogens is 397 g/mol. The number of hydrogen-bond acceptors (Lipinski definition) is 3. The van der Waals surface area contributed by atoms with Gasteiger partial charge in [0.25, 0.3) is 0 Å². The van der Waals surface area contributed by atoms with Crippen molar-refractivity contribution < 1.29 is 18.0 Å². The van der Waals surface area contributed by atoms with Crippen molar-refractivity contribution in [2.24, 2.45) is 0 Å². The summed E-state index contributed by atoms with van der Waals surface area (Å²) in [5, 5.41) is 2.11. The molecule has 1 aromatic heterocycles. The third kappa shape index (κ3) is 5.17. The largest absolute Gasteiger partial charge is 0.416 e. The Morgan fingerprint density at radius 3 is 2.48 bits per heavy atom. The molecule has 0 spiro atoms. The maximum Gasteiger partial charge on any atom is 0.416 e. The van der Waals surface area contributed by atoms with E-state index in [9.17, 15) is 18.0 Å². The minimum atomic E-state index is -4.41. The van der Waals surface area contributed by atoms with Gasteiger partial charge in [-0.15, -0.1) is 11.3 Å². The Labute approximate surface area is 165 Å². The summed E-state index contributed by atoms with van der Waals surface area (Å²) in [4.78, 5) is 17.4. The van der Waals surface area contributed by atoms with Gasteiger partial charge in [0.1, 0.15) is 0 Å². The number of benzene rings is 1. The summed E-state index contributed by atoms with van der Waals surface area (Å²) >= 11 is 7.76. The molecule has 0 bridgehead atoms. The number of nitrogens with zero attached hydrogens (tertiary/aromatic N) is 2. The van der Waals surface area contributed by atoms with E-state index < -0.39 is 11.7 Å². The number of aryl methyl sites for hydroxylation is 1. The molecule has 0 aliphatic carbocycles. The summed E-state index contributed by atoms with van der Waals surface area (Å²) in [6, 6.07) is 7.49. The van der Waals surface area contributed by atoms with E-state index in [2.05, 4.69) is 6.07 Å². The number of thiophene rings is 1. The SMILES string of the molecule is O=C(CCCc1cccs1)N1CCN(c2ccc(C(F)(F)F)cc2Cl)CC1. The standard InChI is InChI=1S/C19H20ClF3N2OS/c20-16-13-14(19(21,22)23)6-7-17(16)24-8-10-25(11-9-24)18(26)5-1-3-15-4-2-12-27-15/h2,4,6-7,12-13H,1,3,5,8-11H2. The smallest absolute Gasteiger partial charge is 0.367 e. The lowest BCUT2D eigenvalue weighted by molar-refractivity contribution is -0.137. The number of piperazine rings is 1. The molecule has 1 fully saturated rings. The normalized spacial score (nSPS) is 15.3. The first-order valence-corrected chi connectivity index (χ1v) is 10.0. The number of carbonyl (C=O) groups excluding carboxylic acids is 1. The molecule has 0 N–H and O–H groups in total. The fourth-order valence-corrected chi connectivity index (χ4v) is 4.21. The Balaban J connectivity index is 1.50. The number of anilines is 1. The van der Waals surface area contributed by atoms with Gasteiger partial charge in [0.2, 0.25) is 5.91 Å². The molecule has 1 amide bonds. The van der Waals surface area contributed by atoms with Gasteiger partial charge in [-0.05, 0) is 42.5 Å². The molecule has 2 aromatic rings. The van der Waals surface area contributed by atoms with Crippen molar-refractivity contribution in [3.8, 4) is 0 Å². The molecule has 1 saturated heterocycles. The lowest BCUT2D eigenvalue weighted by Crippen LogP contribution is -2.48. The van der Waals surface area contributed by atoms with Crippen molar-refractivity contribution in [1.82, 2.24) is 4.90 Å². The molecule has 8 heteroatoms. The number of halogens is 4. The summed E-state index contributed by atoms with van der Waals surface area (Å²) in [5.41, 5.74) is -0.176. The van der Waals surface area contributed by atoms with Crippen molar-refractivity contribution in [2.75, 3.05) is 31.1 Å². The second kappa shape index (κ2) is 8.52. The molecule has 2 heterocycles. The summed E-state index contributed by atoms with van der Waals surface area (Å²) in [5.74, 6) is 0.129. The molecule has 0 unspecified atom stereocenters. The zero-order chi connectivity index (χ0) is 19.4. The lowest BCUT2D eigenvalue weighted by atomic mass is 10.1. The Morgan fingerprint density at radius 2 is 1.89 bits per heavy atom. The van der Waals surface area contributed by atoms with E-state index in [4.69, 9.17) is 11.6 Å². The number of amides is 1. The zero-order valence-electron chi connectivity index (χ0n) is 14.6. The van der Waals surface area contributed by atoms with Gasteiger partial charge in [0.05, 0.1) is 16.3 Å². The maximum absolute atomic E-state index is 12.8. The summed E-state index contributed by atoms with van der Waals surface area (Å²) in [6.07, 6.45) is -2.16. The highest BCUT2D eigenvalue weighted by atomic mass is 35.5. The van der Waals surface area contributed by atoms with Crippen LogP contribution in [-0.4, -0.2) is 37.0 Å². The first-order valence-electron chi connectivity index (χ1n) is 8.76. The van der Waals surface area contributed by atoms with Gasteiger partial charge in [-0.1, -0.05) is 17.7 Å². The van der Waals surface area contributed by atoms with Crippen LogP contribution >= 0.6 is 22.9 Å². The van der Waals surface area contributed by atoms with E-state index in [1.54, 1.807) is 11.3 Å². The average molecular weight is 417 g/mol. The van der Waals surface area contributed by atoms with Gasteiger partial charge in [0, 0.05) is 37.5 Å². The van der Waals surface area contributed by atoms with E-state index in [-0.39, 0.29) is 10.9 Å². The van der Waals surface area contributed by atoms with Crippen LogP contribution in [0.25, 0.3) is 0 Å². The first-order chi connectivity index (χ1) is 12.8. The number of hydrogen-bond donors (Lipinski definition) is 0. The molecule has 27 heavy (non-hydrogen) atoms. The van der Waals surface area contributed by atoms with Crippen molar-refractivity contribution in [2.45, 2.75) is 25.4 Å². The average Bonchev–Trinajstić information content (AvgIpc) is 3.14. The van der Waals surface area contributed by atoms with E-state index >= 15 is 0 Å².